The summed E-state index contributed by atoms with van der Waals surface area (Å²) in [6, 6.07) is 0.927. The van der Waals surface area contributed by atoms with Gasteiger partial charge >= 0.3 is 5.97 Å². The number of hydrogen-bond donors (Lipinski definition) is 2. The van der Waals surface area contributed by atoms with E-state index in [0.717, 1.165) is 10.6 Å². The average molecular weight is 324 g/mol. The number of carbonyl (C=O) groups excluding carboxylic acids is 1. The molecule has 0 aliphatic carbocycles. The molecule has 2 aromatic rings. The summed E-state index contributed by atoms with van der Waals surface area (Å²) in [5, 5.41) is 24.9. The maximum atomic E-state index is 12.4. The molecular formula is C13H12N2O4S2. The molecule has 3 rings (SSSR count). The van der Waals surface area contributed by atoms with Gasteiger partial charge in [0, 0.05) is 29.3 Å². The van der Waals surface area contributed by atoms with Crippen molar-refractivity contribution >= 4 is 34.6 Å². The molecule has 1 aliphatic rings. The number of thiophene rings is 1. The number of nitrogens with zero attached hydrogens (tertiary/aromatic N) is 2. The largest absolute Gasteiger partial charge is 0.480 e. The second-order valence-corrected chi connectivity index (χ2v) is 6.39. The van der Waals surface area contributed by atoms with Crippen molar-refractivity contribution in [3.05, 3.63) is 27.9 Å². The zero-order chi connectivity index (χ0) is 15.0. The smallest absolute Gasteiger partial charge is 0.326 e. The third kappa shape index (κ3) is 2.69. The van der Waals surface area contributed by atoms with Gasteiger partial charge in [0.15, 0.2) is 0 Å². The maximum absolute atomic E-state index is 12.4. The lowest BCUT2D eigenvalue weighted by Gasteiger charge is -2.19. The van der Waals surface area contributed by atoms with Gasteiger partial charge in [0.05, 0.1) is 6.10 Å². The van der Waals surface area contributed by atoms with Crippen molar-refractivity contribution in [1.82, 2.24) is 9.88 Å². The Morgan fingerprint density at radius 1 is 1.38 bits per heavy atom. The highest BCUT2D eigenvalue weighted by atomic mass is 32.1. The van der Waals surface area contributed by atoms with Gasteiger partial charge in [-0.2, -0.15) is 11.3 Å². The lowest BCUT2D eigenvalue weighted by Crippen LogP contribution is -2.40. The third-order valence-corrected chi connectivity index (χ3v) is 4.89. The van der Waals surface area contributed by atoms with Crippen molar-refractivity contribution in [1.29, 1.82) is 0 Å². The quantitative estimate of drug-likeness (QED) is 0.893. The molecule has 0 radical (unpaired) electrons. The Kier molecular flexibility index (Phi) is 3.75. The summed E-state index contributed by atoms with van der Waals surface area (Å²) in [6.07, 6.45) is -0.743. The van der Waals surface area contributed by atoms with Gasteiger partial charge in [-0.15, -0.1) is 11.3 Å². The molecule has 2 aromatic heterocycles. The Labute approximate surface area is 128 Å². The lowest BCUT2D eigenvalue weighted by molar-refractivity contribution is -0.141. The van der Waals surface area contributed by atoms with Crippen LogP contribution in [0.2, 0.25) is 0 Å². The normalized spacial score (nSPS) is 21.7. The van der Waals surface area contributed by atoms with Gasteiger partial charge in [0.1, 0.15) is 16.7 Å². The van der Waals surface area contributed by atoms with E-state index in [1.165, 1.54) is 16.2 Å². The van der Waals surface area contributed by atoms with Crippen molar-refractivity contribution < 1.29 is 19.8 Å². The van der Waals surface area contributed by atoms with Crippen LogP contribution in [-0.4, -0.2) is 50.7 Å². The van der Waals surface area contributed by atoms with Crippen LogP contribution in [0.5, 0.6) is 0 Å². The fourth-order valence-electron chi connectivity index (χ4n) is 2.31. The fourth-order valence-corrected chi connectivity index (χ4v) is 3.82. The van der Waals surface area contributed by atoms with Crippen molar-refractivity contribution in [3.8, 4) is 10.6 Å². The summed E-state index contributed by atoms with van der Waals surface area (Å²) in [7, 11) is 0. The minimum absolute atomic E-state index is 0.0289. The SMILES string of the molecule is O=C(O)[C@H]1C[C@@H](O)CN1C(=O)c1csc(-c2ccsc2)n1. The summed E-state index contributed by atoms with van der Waals surface area (Å²) in [5.74, 6) is -1.55. The van der Waals surface area contributed by atoms with Gasteiger partial charge < -0.3 is 15.1 Å². The van der Waals surface area contributed by atoms with Crippen LogP contribution in [0.25, 0.3) is 10.6 Å². The van der Waals surface area contributed by atoms with E-state index in [4.69, 9.17) is 5.11 Å². The molecule has 2 N–H and O–H groups in total. The molecule has 1 saturated heterocycles. The van der Waals surface area contributed by atoms with Crippen LogP contribution in [0.1, 0.15) is 16.9 Å². The molecule has 1 fully saturated rings. The summed E-state index contributed by atoms with van der Waals surface area (Å²) >= 11 is 2.89. The van der Waals surface area contributed by atoms with Crippen molar-refractivity contribution in [3.63, 3.8) is 0 Å². The number of carboxylic acids is 1. The molecule has 3 heterocycles. The highest BCUT2D eigenvalue weighted by Gasteiger charge is 2.39. The monoisotopic (exact) mass is 324 g/mol. The topological polar surface area (TPSA) is 90.7 Å². The van der Waals surface area contributed by atoms with E-state index in [2.05, 4.69) is 4.98 Å². The van der Waals surface area contributed by atoms with Crippen LogP contribution in [0.4, 0.5) is 0 Å². The minimum Gasteiger partial charge on any atom is -0.480 e. The van der Waals surface area contributed by atoms with E-state index in [0.29, 0.717) is 0 Å². The number of aromatic nitrogens is 1. The first-order valence-electron chi connectivity index (χ1n) is 6.26. The first-order valence-corrected chi connectivity index (χ1v) is 8.08. The molecule has 0 saturated carbocycles. The predicted molar refractivity (Wildman–Crippen MR) is 78.5 cm³/mol. The molecule has 0 unspecified atom stereocenters. The first kappa shape index (κ1) is 14.2. The van der Waals surface area contributed by atoms with Crippen LogP contribution in [-0.2, 0) is 4.79 Å². The van der Waals surface area contributed by atoms with Crippen LogP contribution < -0.4 is 0 Å². The highest BCUT2D eigenvalue weighted by Crippen LogP contribution is 2.27. The molecule has 2 atom stereocenters. The number of aliphatic hydroxyl groups excluding tert-OH is 1. The summed E-state index contributed by atoms with van der Waals surface area (Å²) in [6.45, 7) is 0.0289. The van der Waals surface area contributed by atoms with Gasteiger partial charge in [-0.3, -0.25) is 4.79 Å². The van der Waals surface area contributed by atoms with Crippen LogP contribution in [0.15, 0.2) is 22.2 Å². The van der Waals surface area contributed by atoms with E-state index in [9.17, 15) is 14.7 Å². The van der Waals surface area contributed by atoms with Gasteiger partial charge in [0.25, 0.3) is 5.91 Å². The number of likely N-dealkylation sites (tertiary alicyclic amines) is 1. The van der Waals surface area contributed by atoms with Gasteiger partial charge in [-0.05, 0) is 11.4 Å². The lowest BCUT2D eigenvalue weighted by atomic mass is 10.2. The molecule has 21 heavy (non-hydrogen) atoms. The number of carboxylic acid groups (broad SMARTS) is 1. The number of aliphatic carboxylic acids is 1. The molecule has 8 heteroatoms. The van der Waals surface area contributed by atoms with E-state index in [1.807, 2.05) is 16.8 Å². The Morgan fingerprint density at radius 3 is 2.86 bits per heavy atom. The standard InChI is InChI=1S/C13H12N2O4S2/c16-8-3-10(13(18)19)15(4-8)12(17)9-6-21-11(14-9)7-1-2-20-5-7/h1-2,5-6,8,10,16H,3-4H2,(H,18,19)/t8-,10-/m1/s1. The van der Waals surface area contributed by atoms with Crippen molar-refractivity contribution in [2.45, 2.75) is 18.6 Å². The summed E-state index contributed by atoms with van der Waals surface area (Å²) < 4.78 is 0. The van der Waals surface area contributed by atoms with Gasteiger partial charge in [0.2, 0.25) is 0 Å². The number of hydrogen-bond acceptors (Lipinski definition) is 6. The van der Waals surface area contributed by atoms with Crippen LogP contribution in [0, 0.1) is 0 Å². The van der Waals surface area contributed by atoms with E-state index < -0.39 is 24.0 Å². The Balaban J connectivity index is 1.83. The summed E-state index contributed by atoms with van der Waals surface area (Å²) in [5.41, 5.74) is 1.17. The number of rotatable bonds is 3. The molecule has 1 amide bonds. The zero-order valence-electron chi connectivity index (χ0n) is 10.8. The Bertz CT molecular complexity index is 668. The Morgan fingerprint density at radius 2 is 2.19 bits per heavy atom. The summed E-state index contributed by atoms with van der Waals surface area (Å²) in [4.78, 5) is 29.0. The minimum atomic E-state index is -1.10. The predicted octanol–water partition coefficient (Wildman–Crippen LogP) is 1.53. The second-order valence-electron chi connectivity index (χ2n) is 4.75. The second kappa shape index (κ2) is 5.55. The Hall–Kier alpha value is -1.77. The van der Waals surface area contributed by atoms with E-state index in [1.54, 1.807) is 16.7 Å². The van der Waals surface area contributed by atoms with Crippen molar-refractivity contribution in [2.75, 3.05) is 6.54 Å². The fraction of sp³-hybridized carbons (Fsp3) is 0.308. The van der Waals surface area contributed by atoms with E-state index >= 15 is 0 Å². The molecule has 0 spiro atoms. The molecule has 0 aromatic carbocycles. The molecule has 6 nitrogen and oxygen atoms in total. The van der Waals surface area contributed by atoms with E-state index in [-0.39, 0.29) is 18.7 Å². The highest BCUT2D eigenvalue weighted by molar-refractivity contribution is 7.14. The number of β-amino-alcohol motifs (C(OH)–C–C–N with tert-alkyl or cyclic N) is 1. The van der Waals surface area contributed by atoms with Crippen molar-refractivity contribution in [2.24, 2.45) is 0 Å². The van der Waals surface area contributed by atoms with Crippen LogP contribution >= 0.6 is 22.7 Å². The molecular weight excluding hydrogens is 312 g/mol. The first-order chi connectivity index (χ1) is 10.1. The van der Waals surface area contributed by atoms with Gasteiger partial charge in [-0.1, -0.05) is 0 Å². The van der Waals surface area contributed by atoms with Gasteiger partial charge in [-0.25, -0.2) is 9.78 Å². The zero-order valence-corrected chi connectivity index (χ0v) is 12.4. The maximum Gasteiger partial charge on any atom is 0.326 e. The molecule has 1 aliphatic heterocycles. The average Bonchev–Trinajstić information content (AvgIpc) is 3.17. The number of carbonyl (C=O) groups is 2. The number of aliphatic hydroxyl groups is 1. The number of thiazole rings is 1. The number of amides is 1. The van der Waals surface area contributed by atoms with Crippen LogP contribution in [0.3, 0.4) is 0 Å². The molecule has 0 bridgehead atoms. The molecule has 110 valence electrons. The third-order valence-electron chi connectivity index (χ3n) is 3.32.